The van der Waals surface area contributed by atoms with Crippen molar-refractivity contribution in [1.29, 1.82) is 0 Å². The van der Waals surface area contributed by atoms with Crippen LogP contribution in [0.4, 0.5) is 0 Å². The average Bonchev–Trinajstić information content (AvgIpc) is 2.72. The van der Waals surface area contributed by atoms with Crippen LogP contribution >= 0.6 is 0 Å². The first-order valence-electron chi connectivity index (χ1n) is 10.1. The Kier molecular flexibility index (Phi) is 15.5. The maximum absolute atomic E-state index is 11.5. The highest BCUT2D eigenvalue weighted by molar-refractivity contribution is 5.94. The summed E-state index contributed by atoms with van der Waals surface area (Å²) in [6.07, 6.45) is 2.51. The van der Waals surface area contributed by atoms with E-state index in [9.17, 15) is 19.5 Å². The fourth-order valence-electron chi connectivity index (χ4n) is 2.21. The largest absolute Gasteiger partial charge is 0.490 e. The lowest BCUT2D eigenvalue weighted by atomic mass is 10.1. The molecule has 0 aromatic heterocycles. The predicted molar refractivity (Wildman–Crippen MR) is 115 cm³/mol. The van der Waals surface area contributed by atoms with Crippen molar-refractivity contribution in [2.75, 3.05) is 26.3 Å². The summed E-state index contributed by atoms with van der Waals surface area (Å²) < 4.78 is 11.3. The molecule has 1 atom stereocenters. The Bertz CT molecular complexity index is 701. The van der Waals surface area contributed by atoms with E-state index in [0.29, 0.717) is 43.2 Å². The van der Waals surface area contributed by atoms with Crippen LogP contribution in [0.25, 0.3) is 0 Å². The molecule has 0 fully saturated rings. The lowest BCUT2D eigenvalue weighted by Crippen LogP contribution is -2.31. The summed E-state index contributed by atoms with van der Waals surface area (Å²) in [7, 11) is 0. The molecular formula is C22H33NO8. The van der Waals surface area contributed by atoms with Crippen LogP contribution < -0.4 is 10.1 Å². The van der Waals surface area contributed by atoms with E-state index in [4.69, 9.17) is 19.7 Å². The molecule has 31 heavy (non-hydrogen) atoms. The molecule has 0 saturated heterocycles. The Hall–Kier alpha value is -2.75. The number of carboxylic acid groups (broad SMARTS) is 2. The van der Waals surface area contributed by atoms with Crippen molar-refractivity contribution >= 4 is 17.7 Å². The molecule has 9 nitrogen and oxygen atoms in total. The van der Waals surface area contributed by atoms with Crippen LogP contribution in [0.3, 0.4) is 0 Å². The Morgan fingerprint density at radius 1 is 1.10 bits per heavy atom. The van der Waals surface area contributed by atoms with E-state index in [0.717, 1.165) is 24.9 Å². The second-order valence-corrected chi connectivity index (χ2v) is 6.61. The molecule has 9 heteroatoms. The molecule has 1 aromatic rings. The van der Waals surface area contributed by atoms with Crippen LogP contribution in [0.5, 0.6) is 5.75 Å². The second-order valence-electron chi connectivity index (χ2n) is 6.61. The van der Waals surface area contributed by atoms with Crippen LogP contribution in [-0.2, 0) is 20.9 Å². The SMILES string of the molecule is CCCNCC(O)COc1ccc(C(C)=O)cc1COCCC.O=C(O)C=CC(=O)O. The van der Waals surface area contributed by atoms with E-state index in [1.54, 1.807) is 18.2 Å². The van der Waals surface area contributed by atoms with Crippen molar-refractivity contribution in [2.24, 2.45) is 0 Å². The van der Waals surface area contributed by atoms with Gasteiger partial charge in [0.25, 0.3) is 0 Å². The minimum absolute atomic E-state index is 0.0112. The standard InChI is InChI=1S/C18H29NO4.C4H4O4/c1-4-8-19-11-17(21)13-23-18-7-6-15(14(3)20)10-16(18)12-22-9-5-2;5-3(6)1-2-4(7)8/h6-7,10,17,19,21H,4-5,8-9,11-13H2,1-3H3;1-2H,(H,5,6)(H,7,8). The van der Waals surface area contributed by atoms with Gasteiger partial charge in [0.05, 0.1) is 6.61 Å². The summed E-state index contributed by atoms with van der Waals surface area (Å²) >= 11 is 0. The first-order chi connectivity index (χ1) is 14.7. The number of aliphatic carboxylic acids is 2. The number of ketones is 1. The molecule has 0 bridgehead atoms. The van der Waals surface area contributed by atoms with Gasteiger partial charge in [-0.05, 0) is 44.5 Å². The van der Waals surface area contributed by atoms with Gasteiger partial charge in [-0.15, -0.1) is 0 Å². The number of nitrogens with one attached hydrogen (secondary N) is 1. The van der Waals surface area contributed by atoms with Crippen LogP contribution in [0.2, 0.25) is 0 Å². The lowest BCUT2D eigenvalue weighted by Gasteiger charge is -2.16. The maximum atomic E-state index is 11.5. The summed E-state index contributed by atoms with van der Waals surface area (Å²) in [6.45, 7) is 8.30. The predicted octanol–water partition coefficient (Wildman–Crippen LogP) is 2.27. The number of hydrogen-bond donors (Lipinski definition) is 4. The number of Topliss-reactive ketones (excluding diaryl/α,β-unsaturated/α-hetero) is 1. The molecule has 0 heterocycles. The number of aliphatic hydroxyl groups is 1. The maximum Gasteiger partial charge on any atom is 0.328 e. The zero-order valence-electron chi connectivity index (χ0n) is 18.3. The van der Waals surface area contributed by atoms with E-state index < -0.39 is 18.0 Å². The number of benzene rings is 1. The molecule has 0 radical (unpaired) electrons. The van der Waals surface area contributed by atoms with Crippen molar-refractivity contribution < 1.29 is 39.2 Å². The molecule has 4 N–H and O–H groups in total. The number of aliphatic hydroxyl groups excluding tert-OH is 1. The van der Waals surface area contributed by atoms with Crippen LogP contribution in [0.15, 0.2) is 30.4 Å². The third kappa shape index (κ3) is 14.8. The topological polar surface area (TPSA) is 142 Å². The van der Waals surface area contributed by atoms with Crippen molar-refractivity contribution in [2.45, 2.75) is 46.3 Å². The fourth-order valence-corrected chi connectivity index (χ4v) is 2.21. The van der Waals surface area contributed by atoms with Gasteiger partial charge < -0.3 is 30.1 Å². The zero-order chi connectivity index (χ0) is 23.6. The summed E-state index contributed by atoms with van der Waals surface area (Å²) in [4.78, 5) is 30.6. The van der Waals surface area contributed by atoms with Gasteiger partial charge in [0, 0.05) is 36.4 Å². The van der Waals surface area contributed by atoms with Crippen LogP contribution in [0, 0.1) is 0 Å². The minimum atomic E-state index is -1.26. The van der Waals surface area contributed by atoms with Crippen LogP contribution in [-0.4, -0.2) is 65.4 Å². The van der Waals surface area contributed by atoms with Gasteiger partial charge in [0.2, 0.25) is 0 Å². The zero-order valence-corrected chi connectivity index (χ0v) is 18.3. The molecule has 0 amide bonds. The van der Waals surface area contributed by atoms with E-state index in [1.165, 1.54) is 6.92 Å². The molecular weight excluding hydrogens is 406 g/mol. The van der Waals surface area contributed by atoms with Crippen molar-refractivity contribution in [3.8, 4) is 5.75 Å². The highest BCUT2D eigenvalue weighted by atomic mass is 16.5. The van der Waals surface area contributed by atoms with E-state index in [2.05, 4.69) is 12.2 Å². The van der Waals surface area contributed by atoms with Crippen molar-refractivity contribution in [1.82, 2.24) is 5.32 Å². The van der Waals surface area contributed by atoms with E-state index in [-0.39, 0.29) is 12.4 Å². The van der Waals surface area contributed by atoms with Crippen LogP contribution in [0.1, 0.15) is 49.5 Å². The monoisotopic (exact) mass is 439 g/mol. The van der Waals surface area contributed by atoms with E-state index in [1.807, 2.05) is 6.92 Å². The third-order valence-electron chi connectivity index (χ3n) is 3.68. The first kappa shape index (κ1) is 28.2. The molecule has 0 aliphatic rings. The number of carbonyl (C=O) groups is 3. The Morgan fingerprint density at radius 3 is 2.26 bits per heavy atom. The normalized spacial score (nSPS) is 11.5. The summed E-state index contributed by atoms with van der Waals surface area (Å²) in [5, 5.41) is 28.7. The Morgan fingerprint density at radius 2 is 1.74 bits per heavy atom. The summed E-state index contributed by atoms with van der Waals surface area (Å²) in [6, 6.07) is 5.31. The molecule has 0 aliphatic carbocycles. The second kappa shape index (κ2) is 17.0. The molecule has 1 aromatic carbocycles. The fraction of sp³-hybridized carbons (Fsp3) is 0.500. The highest BCUT2D eigenvalue weighted by Crippen LogP contribution is 2.22. The Balaban J connectivity index is 0.000000954. The Labute approximate surface area is 182 Å². The number of carbonyl (C=O) groups excluding carboxylic acids is 1. The number of rotatable bonds is 14. The highest BCUT2D eigenvalue weighted by Gasteiger charge is 2.11. The smallest absolute Gasteiger partial charge is 0.328 e. The molecule has 174 valence electrons. The van der Waals surface area contributed by atoms with Gasteiger partial charge in [-0.1, -0.05) is 13.8 Å². The lowest BCUT2D eigenvalue weighted by molar-refractivity contribution is -0.134. The quantitative estimate of drug-likeness (QED) is 0.195. The minimum Gasteiger partial charge on any atom is -0.490 e. The van der Waals surface area contributed by atoms with Crippen molar-refractivity contribution in [3.63, 3.8) is 0 Å². The van der Waals surface area contributed by atoms with Gasteiger partial charge in [-0.25, -0.2) is 9.59 Å². The average molecular weight is 440 g/mol. The van der Waals surface area contributed by atoms with Gasteiger partial charge >= 0.3 is 11.9 Å². The molecule has 1 rings (SSSR count). The summed E-state index contributed by atoms with van der Waals surface area (Å²) in [5.41, 5.74) is 1.47. The first-order valence-corrected chi connectivity index (χ1v) is 10.1. The molecule has 0 spiro atoms. The van der Waals surface area contributed by atoms with Gasteiger partial charge in [0.1, 0.15) is 18.5 Å². The molecule has 0 saturated carbocycles. The van der Waals surface area contributed by atoms with Gasteiger partial charge in [0.15, 0.2) is 5.78 Å². The van der Waals surface area contributed by atoms with Gasteiger partial charge in [-0.3, -0.25) is 4.79 Å². The van der Waals surface area contributed by atoms with Crippen molar-refractivity contribution in [3.05, 3.63) is 41.5 Å². The summed E-state index contributed by atoms with van der Waals surface area (Å²) in [5.74, 6) is -1.85. The van der Waals surface area contributed by atoms with Gasteiger partial charge in [-0.2, -0.15) is 0 Å². The molecule has 1 unspecified atom stereocenters. The van der Waals surface area contributed by atoms with E-state index >= 15 is 0 Å². The number of hydrogen-bond acceptors (Lipinski definition) is 7. The number of carboxylic acids is 2. The molecule has 0 aliphatic heterocycles. The number of ether oxygens (including phenoxy) is 2. The third-order valence-corrected chi connectivity index (χ3v) is 3.68.